The first-order chi connectivity index (χ1) is 20.6. The minimum atomic E-state index is -3.90. The number of aliphatic hydroxyl groups excluding tert-OH is 1. The Bertz CT molecular complexity index is 1560. The predicted octanol–water partition coefficient (Wildman–Crippen LogP) is 5.63. The van der Waals surface area contributed by atoms with E-state index < -0.39 is 27.3 Å². The summed E-state index contributed by atoms with van der Waals surface area (Å²) >= 11 is 6.40. The molecule has 0 radical (unpaired) electrons. The van der Waals surface area contributed by atoms with Crippen molar-refractivity contribution in [1.29, 1.82) is 0 Å². The number of allylic oxidation sites excluding steroid dienone is 1. The quantitative estimate of drug-likeness (QED) is 0.369. The number of sulfonamides is 1. The number of anilines is 1. The predicted molar refractivity (Wildman–Crippen MR) is 168 cm³/mol. The van der Waals surface area contributed by atoms with Crippen LogP contribution in [0.1, 0.15) is 73.4 Å². The minimum absolute atomic E-state index is 0.0416. The molecule has 2 aromatic carbocycles. The van der Waals surface area contributed by atoms with Crippen molar-refractivity contribution in [2.45, 2.75) is 75.1 Å². The number of rotatable bonds is 0. The van der Waals surface area contributed by atoms with Crippen molar-refractivity contribution < 1.29 is 23.1 Å². The summed E-state index contributed by atoms with van der Waals surface area (Å²) in [6.45, 7) is 3.89. The average Bonchev–Trinajstić information content (AvgIpc) is 3.11. The molecule has 2 aliphatic heterocycles. The first-order valence-corrected chi connectivity index (χ1v) is 17.8. The van der Waals surface area contributed by atoms with Crippen LogP contribution in [0.5, 0.6) is 5.75 Å². The molecule has 2 heterocycles. The maximum Gasteiger partial charge on any atom is 0.264 e. The van der Waals surface area contributed by atoms with Gasteiger partial charge in [-0.15, -0.1) is 0 Å². The normalized spacial score (nSPS) is 35.8. The molecule has 7 nitrogen and oxygen atoms in total. The number of nitrogens with one attached hydrogen (secondary N) is 1. The van der Waals surface area contributed by atoms with E-state index in [0.29, 0.717) is 36.8 Å². The van der Waals surface area contributed by atoms with Gasteiger partial charge in [0.15, 0.2) is 0 Å². The number of carbonyl (C=O) groups excluding carboxylic acids is 1. The van der Waals surface area contributed by atoms with Crippen molar-refractivity contribution in [3.05, 3.63) is 70.3 Å². The Balaban J connectivity index is 1.30. The van der Waals surface area contributed by atoms with Crippen LogP contribution in [0.3, 0.4) is 0 Å². The highest BCUT2D eigenvalue weighted by Crippen LogP contribution is 2.47. The monoisotopic (exact) mass is 624 g/mol. The summed E-state index contributed by atoms with van der Waals surface area (Å²) in [5.74, 6) is 0.396. The highest BCUT2D eigenvalue weighted by molar-refractivity contribution is 7.90. The fraction of sp³-hybridized carbons (Fsp3) is 0.559. The third kappa shape index (κ3) is 5.27. The van der Waals surface area contributed by atoms with E-state index in [-0.39, 0.29) is 23.2 Å². The molecule has 1 amide bonds. The van der Waals surface area contributed by atoms with Crippen LogP contribution in [0, 0.1) is 23.7 Å². The number of aliphatic hydroxyl groups is 1. The number of nitrogens with zero attached hydrogens (tertiary/aromatic N) is 1. The van der Waals surface area contributed by atoms with Gasteiger partial charge in [-0.3, -0.25) is 4.79 Å². The third-order valence-corrected chi connectivity index (χ3v) is 13.3. The number of fused-ring (bicyclic) bond motifs is 6. The summed E-state index contributed by atoms with van der Waals surface area (Å²) in [7, 11) is -3.90. The van der Waals surface area contributed by atoms with Crippen molar-refractivity contribution in [3.63, 3.8) is 0 Å². The van der Waals surface area contributed by atoms with Crippen LogP contribution in [0.4, 0.5) is 5.69 Å². The molecular weight excluding hydrogens is 584 g/mol. The molecule has 1 spiro atoms. The van der Waals surface area contributed by atoms with Gasteiger partial charge in [-0.05, 0) is 110 Å². The molecule has 7 atom stereocenters. The molecule has 43 heavy (non-hydrogen) atoms. The molecule has 2 fully saturated rings. The Labute approximate surface area is 259 Å². The summed E-state index contributed by atoms with van der Waals surface area (Å²) < 4.78 is 36.0. The highest BCUT2D eigenvalue weighted by Gasteiger charge is 2.45. The van der Waals surface area contributed by atoms with Crippen LogP contribution in [0.15, 0.2) is 48.6 Å². The summed E-state index contributed by atoms with van der Waals surface area (Å²) in [5, 5.41) is 11.4. The first-order valence-electron chi connectivity index (χ1n) is 15.9. The van der Waals surface area contributed by atoms with Crippen molar-refractivity contribution in [2.24, 2.45) is 23.7 Å². The van der Waals surface area contributed by atoms with E-state index in [2.05, 4.69) is 21.8 Å². The smallest absolute Gasteiger partial charge is 0.264 e. The van der Waals surface area contributed by atoms with Crippen molar-refractivity contribution >= 4 is 33.2 Å². The lowest BCUT2D eigenvalue weighted by molar-refractivity contribution is 0.0452. The molecular formula is C34H41ClN2O5S. The summed E-state index contributed by atoms with van der Waals surface area (Å²) in [5.41, 5.74) is 3.38. The molecule has 230 valence electrons. The largest absolute Gasteiger partial charge is 0.490 e. The van der Waals surface area contributed by atoms with Gasteiger partial charge >= 0.3 is 0 Å². The molecule has 2 saturated carbocycles. The summed E-state index contributed by atoms with van der Waals surface area (Å²) in [6.07, 6.45) is 10.5. The Morgan fingerprint density at radius 2 is 1.93 bits per heavy atom. The first kappa shape index (κ1) is 29.2. The van der Waals surface area contributed by atoms with Crippen LogP contribution in [-0.2, 0) is 21.9 Å². The Kier molecular flexibility index (Phi) is 7.54. The van der Waals surface area contributed by atoms with Crippen LogP contribution in [0.2, 0.25) is 5.02 Å². The van der Waals surface area contributed by atoms with E-state index in [9.17, 15) is 18.3 Å². The van der Waals surface area contributed by atoms with Crippen LogP contribution < -0.4 is 14.4 Å². The van der Waals surface area contributed by atoms with Crippen LogP contribution in [0.25, 0.3) is 0 Å². The number of hydrogen-bond donors (Lipinski definition) is 2. The number of aryl methyl sites for hydroxylation is 1. The Morgan fingerprint density at radius 1 is 1.07 bits per heavy atom. The summed E-state index contributed by atoms with van der Waals surface area (Å²) in [4.78, 5) is 15.9. The molecule has 0 aromatic heterocycles. The van der Waals surface area contributed by atoms with Gasteiger partial charge in [0.2, 0.25) is 10.0 Å². The van der Waals surface area contributed by atoms with Crippen LogP contribution in [-0.4, -0.2) is 50.5 Å². The molecule has 0 unspecified atom stereocenters. The van der Waals surface area contributed by atoms with E-state index in [1.54, 1.807) is 12.1 Å². The second-order valence-electron chi connectivity index (χ2n) is 13.6. The van der Waals surface area contributed by atoms with Crippen LogP contribution >= 0.6 is 11.6 Å². The molecule has 9 heteroatoms. The number of hydrogen-bond acceptors (Lipinski definition) is 6. The van der Waals surface area contributed by atoms with Gasteiger partial charge in [-0.25, -0.2) is 13.1 Å². The minimum Gasteiger partial charge on any atom is -0.490 e. The van der Waals surface area contributed by atoms with E-state index >= 15 is 0 Å². The highest BCUT2D eigenvalue weighted by atomic mass is 35.5. The van der Waals surface area contributed by atoms with Crippen molar-refractivity contribution in [1.82, 2.24) is 4.72 Å². The fourth-order valence-electron chi connectivity index (χ4n) is 8.54. The molecule has 2 aromatic rings. The standard InChI is InChI=1S/C34H41ClN2O5S/c1-21-22-4-2-6-32(21)43(40,41)36-33(39)24-9-14-31-29(17-24)37(18-25-7-11-27(25)30(38)13-8-22)19-34(20-42-31)15-3-5-23-16-26(35)10-12-28(23)34/h8-10,12-14,16-17,21-22,25,27,30,32,38H,2-7,11,15,18-20H2,1H3,(H,36,39)/b13-8+/t21-,22+,25-,27+,30-,32-,34-/m0/s1. The number of ether oxygens (including phenoxy) is 1. The van der Waals surface area contributed by atoms with Gasteiger partial charge in [-0.1, -0.05) is 43.2 Å². The number of carbonyl (C=O) groups is 1. The molecule has 5 aliphatic rings. The zero-order valence-corrected chi connectivity index (χ0v) is 26.2. The number of halogens is 1. The topological polar surface area (TPSA) is 95.9 Å². The van der Waals surface area contributed by atoms with Gasteiger partial charge in [-0.2, -0.15) is 0 Å². The molecule has 3 aliphatic carbocycles. The second kappa shape index (κ2) is 11.1. The maximum atomic E-state index is 13.5. The lowest BCUT2D eigenvalue weighted by Crippen LogP contribution is -2.49. The lowest BCUT2D eigenvalue weighted by Gasteiger charge is -2.45. The van der Waals surface area contributed by atoms with E-state index in [0.717, 1.165) is 62.2 Å². The maximum absolute atomic E-state index is 13.5. The molecule has 2 N–H and O–H groups in total. The second-order valence-corrected chi connectivity index (χ2v) is 16.0. The van der Waals surface area contributed by atoms with Crippen molar-refractivity contribution in [2.75, 3.05) is 24.6 Å². The molecule has 0 saturated heterocycles. The zero-order chi connectivity index (χ0) is 29.9. The third-order valence-electron chi connectivity index (χ3n) is 11.1. The van der Waals surface area contributed by atoms with Crippen molar-refractivity contribution in [3.8, 4) is 5.75 Å². The Hall–Kier alpha value is -2.55. The Morgan fingerprint density at radius 3 is 2.74 bits per heavy atom. The van der Waals surface area contributed by atoms with Gasteiger partial charge in [0.25, 0.3) is 5.91 Å². The van der Waals surface area contributed by atoms with Gasteiger partial charge in [0.1, 0.15) is 5.75 Å². The number of benzene rings is 2. The average molecular weight is 625 g/mol. The van der Waals surface area contributed by atoms with E-state index in [4.69, 9.17) is 16.3 Å². The van der Waals surface area contributed by atoms with Gasteiger partial charge in [0, 0.05) is 29.1 Å². The van der Waals surface area contributed by atoms with Gasteiger partial charge < -0.3 is 14.7 Å². The van der Waals surface area contributed by atoms with E-state index in [1.165, 1.54) is 11.1 Å². The SMILES string of the molecule is C[C@H]1[C@H]2/C=C/[C@H](O)[C@@H]3CC[C@H]3CN3C[C@@]4(CCCc5cc(Cl)ccc54)COc4ccc(cc43)C(=O)NS(=O)(=O)[C@H]1CCC2. The molecule has 4 bridgehead atoms. The molecule has 7 rings (SSSR count). The number of amides is 1. The fourth-order valence-corrected chi connectivity index (χ4v) is 10.5. The summed E-state index contributed by atoms with van der Waals surface area (Å²) in [6, 6.07) is 11.5. The van der Waals surface area contributed by atoms with Gasteiger partial charge in [0.05, 0.1) is 23.6 Å². The zero-order valence-electron chi connectivity index (χ0n) is 24.7. The lowest BCUT2D eigenvalue weighted by atomic mass is 9.68. The van der Waals surface area contributed by atoms with E-state index in [1.807, 2.05) is 31.2 Å².